The Bertz CT molecular complexity index is 629. The third-order valence-electron chi connectivity index (χ3n) is 3.23. The number of hydrogen-bond acceptors (Lipinski definition) is 3. The van der Waals surface area contributed by atoms with Gasteiger partial charge in [-0.2, -0.15) is 0 Å². The van der Waals surface area contributed by atoms with E-state index in [0.29, 0.717) is 6.54 Å². The van der Waals surface area contributed by atoms with Gasteiger partial charge in [0.05, 0.1) is 5.56 Å². The average molecular weight is 287 g/mol. The number of benzene rings is 1. The summed E-state index contributed by atoms with van der Waals surface area (Å²) < 4.78 is 14.0. The summed E-state index contributed by atoms with van der Waals surface area (Å²) in [6.07, 6.45) is 1.34. The van der Waals surface area contributed by atoms with E-state index in [0.717, 1.165) is 5.56 Å². The van der Waals surface area contributed by atoms with Crippen LogP contribution in [-0.2, 0) is 6.54 Å². The minimum atomic E-state index is -0.763. The van der Waals surface area contributed by atoms with Crippen molar-refractivity contribution in [1.82, 2.24) is 9.88 Å². The van der Waals surface area contributed by atoms with Crippen LogP contribution >= 0.6 is 0 Å². The maximum Gasteiger partial charge on any atom is 0.257 e. The molecule has 0 spiro atoms. The van der Waals surface area contributed by atoms with Crippen molar-refractivity contribution in [3.63, 3.8) is 0 Å². The van der Waals surface area contributed by atoms with Gasteiger partial charge in [0.15, 0.2) is 11.6 Å². The molecule has 0 atom stereocenters. The van der Waals surface area contributed by atoms with Gasteiger partial charge in [0.1, 0.15) is 0 Å². The van der Waals surface area contributed by atoms with Crippen molar-refractivity contribution >= 4 is 11.7 Å². The van der Waals surface area contributed by atoms with E-state index in [1.165, 1.54) is 12.3 Å². The number of halogens is 1. The quantitative estimate of drug-likeness (QED) is 0.940. The fourth-order valence-electron chi connectivity index (χ4n) is 2.05. The van der Waals surface area contributed by atoms with Gasteiger partial charge in [-0.05, 0) is 25.5 Å². The number of pyridine rings is 1. The van der Waals surface area contributed by atoms with Crippen LogP contribution in [0, 0.1) is 5.82 Å². The molecule has 1 aromatic heterocycles. The molecule has 0 unspecified atom stereocenters. The normalized spacial score (nSPS) is 10.7. The lowest BCUT2D eigenvalue weighted by Crippen LogP contribution is -2.37. The van der Waals surface area contributed by atoms with Gasteiger partial charge >= 0.3 is 0 Å². The van der Waals surface area contributed by atoms with Crippen molar-refractivity contribution < 1.29 is 9.18 Å². The largest absolute Gasteiger partial charge is 0.381 e. The van der Waals surface area contributed by atoms with Crippen LogP contribution in [-0.4, -0.2) is 21.8 Å². The Labute approximate surface area is 123 Å². The van der Waals surface area contributed by atoms with Gasteiger partial charge in [0.25, 0.3) is 5.91 Å². The fourth-order valence-corrected chi connectivity index (χ4v) is 2.05. The number of aromatic nitrogens is 1. The van der Waals surface area contributed by atoms with Gasteiger partial charge in [0.2, 0.25) is 0 Å². The number of amides is 1. The van der Waals surface area contributed by atoms with Crippen LogP contribution in [0.5, 0.6) is 0 Å². The third kappa shape index (κ3) is 3.37. The maximum atomic E-state index is 14.0. The van der Waals surface area contributed by atoms with Gasteiger partial charge in [-0.25, -0.2) is 9.37 Å². The zero-order valence-corrected chi connectivity index (χ0v) is 12.1. The molecule has 2 aromatic rings. The van der Waals surface area contributed by atoms with Crippen molar-refractivity contribution in [3.05, 3.63) is 59.5 Å². The monoisotopic (exact) mass is 287 g/mol. The summed E-state index contributed by atoms with van der Waals surface area (Å²) in [5.41, 5.74) is 6.37. The SMILES string of the molecule is CC(C)N(Cc1ccccc1)C(=O)c1ccnc(N)c1F. The van der Waals surface area contributed by atoms with E-state index in [2.05, 4.69) is 4.98 Å². The zero-order valence-electron chi connectivity index (χ0n) is 12.1. The van der Waals surface area contributed by atoms with Crippen molar-refractivity contribution in [2.75, 3.05) is 5.73 Å². The summed E-state index contributed by atoms with van der Waals surface area (Å²) in [7, 11) is 0. The number of hydrogen-bond donors (Lipinski definition) is 1. The minimum absolute atomic E-state index is 0.0490. The van der Waals surface area contributed by atoms with E-state index in [1.807, 2.05) is 44.2 Å². The molecule has 0 saturated heterocycles. The van der Waals surface area contributed by atoms with Gasteiger partial charge in [0, 0.05) is 18.8 Å². The standard InChI is InChI=1S/C16H18FN3O/c1-11(2)20(10-12-6-4-3-5-7-12)16(21)13-8-9-19-15(18)14(13)17/h3-9,11H,10H2,1-2H3,(H2,18,19). The Morgan fingerprint density at radius 2 is 1.95 bits per heavy atom. The predicted octanol–water partition coefficient (Wildman–Crippen LogP) is 2.85. The first-order chi connectivity index (χ1) is 10.0. The van der Waals surface area contributed by atoms with Crippen molar-refractivity contribution in [1.29, 1.82) is 0 Å². The minimum Gasteiger partial charge on any atom is -0.381 e. The molecule has 0 aliphatic rings. The Balaban J connectivity index is 2.30. The fraction of sp³-hybridized carbons (Fsp3) is 0.250. The summed E-state index contributed by atoms with van der Waals surface area (Å²) in [6.45, 7) is 4.20. The summed E-state index contributed by atoms with van der Waals surface area (Å²) in [6, 6.07) is 10.9. The second-order valence-electron chi connectivity index (χ2n) is 5.07. The Hall–Kier alpha value is -2.43. The number of nitrogens with two attached hydrogens (primary N) is 1. The number of carbonyl (C=O) groups is 1. The van der Waals surface area contributed by atoms with Crippen LogP contribution in [0.25, 0.3) is 0 Å². The molecule has 0 saturated carbocycles. The van der Waals surface area contributed by atoms with E-state index in [-0.39, 0.29) is 23.3 Å². The number of nitrogens with zero attached hydrogens (tertiary/aromatic N) is 2. The molecule has 0 aliphatic heterocycles. The molecule has 2 N–H and O–H groups in total. The third-order valence-corrected chi connectivity index (χ3v) is 3.23. The Kier molecular flexibility index (Phi) is 4.52. The molecule has 21 heavy (non-hydrogen) atoms. The smallest absolute Gasteiger partial charge is 0.257 e. The lowest BCUT2D eigenvalue weighted by molar-refractivity contribution is 0.0685. The van der Waals surface area contributed by atoms with Crippen LogP contribution in [0.1, 0.15) is 29.8 Å². The molecule has 1 heterocycles. The number of rotatable bonds is 4. The first kappa shape index (κ1) is 15.0. The molecule has 0 bridgehead atoms. The zero-order chi connectivity index (χ0) is 15.4. The van der Waals surface area contributed by atoms with Crippen LogP contribution < -0.4 is 5.73 Å². The molecule has 0 radical (unpaired) electrons. The highest BCUT2D eigenvalue weighted by Gasteiger charge is 2.23. The van der Waals surface area contributed by atoms with Gasteiger partial charge in [-0.3, -0.25) is 4.79 Å². The summed E-state index contributed by atoms with van der Waals surface area (Å²) in [5.74, 6) is -1.41. The molecule has 110 valence electrons. The highest BCUT2D eigenvalue weighted by molar-refractivity contribution is 5.95. The highest BCUT2D eigenvalue weighted by Crippen LogP contribution is 2.17. The number of carbonyl (C=O) groups excluding carboxylic acids is 1. The van der Waals surface area contributed by atoms with Crippen molar-refractivity contribution in [2.45, 2.75) is 26.4 Å². The second-order valence-corrected chi connectivity index (χ2v) is 5.07. The summed E-state index contributed by atoms with van der Waals surface area (Å²) in [4.78, 5) is 17.8. The molecule has 5 heteroatoms. The Morgan fingerprint density at radius 3 is 2.57 bits per heavy atom. The molecule has 1 aromatic carbocycles. The molecule has 0 aliphatic carbocycles. The maximum absolute atomic E-state index is 14.0. The number of nitrogen functional groups attached to an aromatic ring is 1. The van der Waals surface area contributed by atoms with E-state index in [4.69, 9.17) is 5.73 Å². The van der Waals surface area contributed by atoms with Crippen LogP contribution in [0.3, 0.4) is 0 Å². The van der Waals surface area contributed by atoms with Gasteiger partial charge in [-0.1, -0.05) is 30.3 Å². The van der Waals surface area contributed by atoms with E-state index in [1.54, 1.807) is 4.90 Å². The van der Waals surface area contributed by atoms with E-state index in [9.17, 15) is 9.18 Å². The average Bonchev–Trinajstić information content (AvgIpc) is 2.48. The molecule has 1 amide bonds. The first-order valence-corrected chi connectivity index (χ1v) is 6.75. The molecular weight excluding hydrogens is 269 g/mol. The predicted molar refractivity (Wildman–Crippen MR) is 80.1 cm³/mol. The summed E-state index contributed by atoms with van der Waals surface area (Å²) >= 11 is 0. The molecule has 0 fully saturated rings. The van der Waals surface area contributed by atoms with Gasteiger partial charge in [-0.15, -0.1) is 0 Å². The topological polar surface area (TPSA) is 59.2 Å². The summed E-state index contributed by atoms with van der Waals surface area (Å²) in [5, 5.41) is 0. The lowest BCUT2D eigenvalue weighted by atomic mass is 10.1. The van der Waals surface area contributed by atoms with Crippen LogP contribution in [0.4, 0.5) is 10.2 Å². The molecular formula is C16H18FN3O. The number of anilines is 1. The van der Waals surface area contributed by atoms with Crippen molar-refractivity contribution in [2.24, 2.45) is 0 Å². The molecule has 4 nitrogen and oxygen atoms in total. The van der Waals surface area contributed by atoms with Crippen LogP contribution in [0.2, 0.25) is 0 Å². The van der Waals surface area contributed by atoms with E-state index < -0.39 is 5.82 Å². The molecule has 2 rings (SSSR count). The second kappa shape index (κ2) is 6.35. The van der Waals surface area contributed by atoms with E-state index >= 15 is 0 Å². The first-order valence-electron chi connectivity index (χ1n) is 6.75. The Morgan fingerprint density at radius 1 is 1.29 bits per heavy atom. The van der Waals surface area contributed by atoms with Gasteiger partial charge < -0.3 is 10.6 Å². The van der Waals surface area contributed by atoms with Crippen molar-refractivity contribution in [3.8, 4) is 0 Å². The lowest BCUT2D eigenvalue weighted by Gasteiger charge is -2.27. The van der Waals surface area contributed by atoms with Crippen LogP contribution in [0.15, 0.2) is 42.6 Å². The highest BCUT2D eigenvalue weighted by atomic mass is 19.1.